The van der Waals surface area contributed by atoms with Crippen LogP contribution < -0.4 is 5.26 Å². The maximum Gasteiger partial charge on any atom is 0.415 e. The lowest BCUT2D eigenvalue weighted by molar-refractivity contribution is -0.777. The second-order valence-electron chi connectivity index (χ2n) is 7.40. The molecule has 0 radical (unpaired) electrons. The van der Waals surface area contributed by atoms with Crippen LogP contribution in [0.2, 0.25) is 0 Å². The van der Waals surface area contributed by atoms with Crippen LogP contribution >= 0.6 is 12.0 Å². The lowest BCUT2D eigenvalue weighted by Crippen LogP contribution is -2.59. The molecule has 0 N–H and O–H groups in total. The van der Waals surface area contributed by atoms with Crippen LogP contribution in [0.15, 0.2) is 0 Å². The molecule has 0 aromatic carbocycles. The number of ether oxygens (including phenoxy) is 2. The van der Waals surface area contributed by atoms with Gasteiger partial charge in [-0.05, 0) is 62.2 Å². The second kappa shape index (κ2) is 7.57. The largest absolute Gasteiger partial charge is 0.691 e. The van der Waals surface area contributed by atoms with Crippen molar-refractivity contribution in [3.05, 3.63) is 0 Å². The molecular formula is C16H21F2O7S-. The molecule has 4 rings (SSSR count). The summed E-state index contributed by atoms with van der Waals surface area (Å²) in [7, 11) is 0. The lowest BCUT2D eigenvalue weighted by atomic mass is 9.49. The van der Waals surface area contributed by atoms with Gasteiger partial charge >= 0.3 is 17.2 Å². The zero-order chi connectivity index (χ0) is 18.9. The summed E-state index contributed by atoms with van der Waals surface area (Å²) in [5.41, 5.74) is -0.590. The van der Waals surface area contributed by atoms with Gasteiger partial charge in [-0.1, -0.05) is 6.92 Å². The zero-order valence-electron chi connectivity index (χ0n) is 14.3. The van der Waals surface area contributed by atoms with Crippen molar-refractivity contribution in [2.24, 2.45) is 23.7 Å². The third-order valence-electron chi connectivity index (χ3n) is 6.10. The molecule has 148 valence electrons. The van der Waals surface area contributed by atoms with E-state index >= 15 is 0 Å². The average molecular weight is 395 g/mol. The van der Waals surface area contributed by atoms with Crippen molar-refractivity contribution in [1.82, 2.24) is 0 Å². The van der Waals surface area contributed by atoms with Gasteiger partial charge < -0.3 is 14.7 Å². The van der Waals surface area contributed by atoms with E-state index in [1.165, 1.54) is 6.42 Å². The molecule has 0 spiro atoms. The van der Waals surface area contributed by atoms with Gasteiger partial charge in [0.05, 0.1) is 0 Å². The van der Waals surface area contributed by atoms with Crippen LogP contribution in [-0.4, -0.2) is 29.4 Å². The standard InChI is InChI=1S/C16H22F2O7S/c1-2-15(11-4-9-3-10(6-11)7-12(15)5-9)23-13(19)8-22-14(20)16(17,18)26-25-24-21/h9-12,21H,2-8H2,1H3/p-1. The van der Waals surface area contributed by atoms with Crippen LogP contribution in [-0.2, 0) is 28.4 Å². The summed E-state index contributed by atoms with van der Waals surface area (Å²) in [5.74, 6) is -0.909. The predicted octanol–water partition coefficient (Wildman–Crippen LogP) is 2.14. The SMILES string of the molecule is CCC1(OC(=O)COC(=O)C(F)(F)SOO[O-])C2CC3CC(C2)CC1C3. The van der Waals surface area contributed by atoms with Gasteiger partial charge in [0.1, 0.15) is 17.6 Å². The Morgan fingerprint density at radius 2 is 1.73 bits per heavy atom. The van der Waals surface area contributed by atoms with Gasteiger partial charge in [-0.15, -0.1) is 0 Å². The van der Waals surface area contributed by atoms with E-state index in [1.54, 1.807) is 0 Å². The first-order chi connectivity index (χ1) is 12.3. The van der Waals surface area contributed by atoms with Gasteiger partial charge in [0.15, 0.2) is 6.61 Å². The van der Waals surface area contributed by atoms with Gasteiger partial charge in [0.2, 0.25) is 0 Å². The Bertz CT molecular complexity index is 529. The van der Waals surface area contributed by atoms with Gasteiger partial charge in [-0.25, -0.2) is 9.59 Å². The number of halogens is 2. The van der Waals surface area contributed by atoms with Crippen LogP contribution in [0.3, 0.4) is 0 Å². The molecule has 4 bridgehead atoms. The van der Waals surface area contributed by atoms with E-state index in [4.69, 9.17) is 4.74 Å². The van der Waals surface area contributed by atoms with E-state index in [2.05, 4.69) is 14.1 Å². The number of rotatable bonds is 8. The highest BCUT2D eigenvalue weighted by Crippen LogP contribution is 2.60. The van der Waals surface area contributed by atoms with Crippen LogP contribution in [0.25, 0.3) is 0 Å². The van der Waals surface area contributed by atoms with E-state index in [0.717, 1.165) is 25.7 Å². The van der Waals surface area contributed by atoms with Crippen molar-refractivity contribution >= 4 is 24.0 Å². The van der Waals surface area contributed by atoms with E-state index in [9.17, 15) is 23.6 Å². The van der Waals surface area contributed by atoms with Gasteiger partial charge in [-0.2, -0.15) is 13.1 Å². The maximum absolute atomic E-state index is 13.3. The fraction of sp³-hybridized carbons (Fsp3) is 0.875. The van der Waals surface area contributed by atoms with Crippen LogP contribution in [0.1, 0.15) is 45.4 Å². The molecule has 7 nitrogen and oxygen atoms in total. The van der Waals surface area contributed by atoms with Crippen molar-refractivity contribution < 1.29 is 42.5 Å². The minimum absolute atomic E-state index is 0.281. The molecule has 0 heterocycles. The van der Waals surface area contributed by atoms with Crippen molar-refractivity contribution in [3.63, 3.8) is 0 Å². The highest BCUT2D eigenvalue weighted by atomic mass is 32.2. The molecule has 4 fully saturated rings. The summed E-state index contributed by atoms with van der Waals surface area (Å²) in [6.45, 7) is 1.05. The van der Waals surface area contributed by atoms with Gasteiger partial charge in [0, 0.05) is 0 Å². The van der Waals surface area contributed by atoms with Crippen LogP contribution in [0, 0.1) is 23.7 Å². The first-order valence-corrected chi connectivity index (χ1v) is 9.46. The lowest BCUT2D eigenvalue weighted by Gasteiger charge is -2.60. The number of carbonyl (C=O) groups excluding carboxylic acids is 2. The van der Waals surface area contributed by atoms with Crippen molar-refractivity contribution in [2.75, 3.05) is 6.61 Å². The average Bonchev–Trinajstić information content (AvgIpc) is 2.60. The Morgan fingerprint density at radius 3 is 2.23 bits per heavy atom. The Balaban J connectivity index is 1.56. The minimum atomic E-state index is -4.17. The van der Waals surface area contributed by atoms with Crippen molar-refractivity contribution in [3.8, 4) is 0 Å². The summed E-state index contributed by atoms with van der Waals surface area (Å²) >= 11 is -0.798. The molecule has 0 aromatic rings. The van der Waals surface area contributed by atoms with Crippen LogP contribution in [0.5, 0.6) is 0 Å². The highest BCUT2D eigenvalue weighted by Gasteiger charge is 2.58. The smallest absolute Gasteiger partial charge is 0.415 e. The van der Waals surface area contributed by atoms with Gasteiger partial charge in [-0.3, -0.25) is 5.04 Å². The molecule has 0 amide bonds. The number of carbonyl (C=O) groups is 2. The number of hydrogen-bond donors (Lipinski definition) is 0. The zero-order valence-corrected chi connectivity index (χ0v) is 15.1. The molecule has 0 aliphatic heterocycles. The third-order valence-corrected chi connectivity index (χ3v) is 6.60. The number of hydrogen-bond acceptors (Lipinski definition) is 8. The Hall–Kier alpha value is -0.970. The van der Waals surface area contributed by atoms with Crippen molar-refractivity contribution in [2.45, 2.75) is 56.3 Å². The first-order valence-electron chi connectivity index (χ1n) is 8.72. The quantitative estimate of drug-likeness (QED) is 0.267. The fourth-order valence-corrected chi connectivity index (χ4v) is 5.58. The molecule has 0 atom stereocenters. The van der Waals surface area contributed by atoms with Crippen LogP contribution in [0.4, 0.5) is 8.78 Å². The summed E-state index contributed by atoms with van der Waals surface area (Å²) in [6, 6.07) is 0. The van der Waals surface area contributed by atoms with E-state index in [0.29, 0.717) is 18.3 Å². The summed E-state index contributed by atoms with van der Waals surface area (Å²) in [4.78, 5) is 23.5. The third kappa shape index (κ3) is 3.69. The number of esters is 2. The van der Waals surface area contributed by atoms with E-state index in [-0.39, 0.29) is 11.8 Å². The fourth-order valence-electron chi connectivity index (χ4n) is 5.34. The normalized spacial score (nSPS) is 35.4. The monoisotopic (exact) mass is 395 g/mol. The molecule has 4 aliphatic rings. The maximum atomic E-state index is 13.3. The molecule has 26 heavy (non-hydrogen) atoms. The van der Waals surface area contributed by atoms with E-state index in [1.807, 2.05) is 6.92 Å². The molecule has 0 saturated heterocycles. The highest BCUT2D eigenvalue weighted by molar-refractivity contribution is 7.96. The molecule has 10 heteroatoms. The van der Waals surface area contributed by atoms with Crippen molar-refractivity contribution in [1.29, 1.82) is 0 Å². The Labute approximate surface area is 153 Å². The summed E-state index contributed by atoms with van der Waals surface area (Å²) in [5, 5.41) is 8.17. The molecule has 0 unspecified atom stereocenters. The Morgan fingerprint density at radius 1 is 1.15 bits per heavy atom. The minimum Gasteiger partial charge on any atom is -0.691 e. The topological polar surface area (TPSA) is 94.1 Å². The molecule has 0 aromatic heterocycles. The molecule has 4 aliphatic carbocycles. The Kier molecular flexibility index (Phi) is 5.76. The van der Waals surface area contributed by atoms with E-state index < -0.39 is 41.4 Å². The molecular weight excluding hydrogens is 374 g/mol. The molecule has 4 saturated carbocycles. The first kappa shape index (κ1) is 19.8. The second-order valence-corrected chi connectivity index (χ2v) is 8.21. The predicted molar refractivity (Wildman–Crippen MR) is 81.8 cm³/mol. The summed E-state index contributed by atoms with van der Waals surface area (Å²) < 4.78 is 40.1. The van der Waals surface area contributed by atoms with Gasteiger partial charge in [0.25, 0.3) is 0 Å². The summed E-state index contributed by atoms with van der Waals surface area (Å²) in [6.07, 6.45) is 6.00. The number of alkyl halides is 2.